The maximum atomic E-state index is 10.5. The van der Waals surface area contributed by atoms with Gasteiger partial charge in [-0.1, -0.05) is 48.5 Å². The first-order valence-corrected chi connectivity index (χ1v) is 5.53. The Balaban J connectivity index is 2.20. The molecule has 0 bridgehead atoms. The van der Waals surface area contributed by atoms with E-state index in [1.54, 1.807) is 0 Å². The third kappa shape index (κ3) is 3.18. The first-order valence-electron chi connectivity index (χ1n) is 5.53. The van der Waals surface area contributed by atoms with Crippen LogP contribution in [-0.4, -0.2) is 11.1 Å². The average molecular weight is 225 g/mol. The monoisotopic (exact) mass is 225 g/mol. The molecule has 0 aromatic heterocycles. The van der Waals surface area contributed by atoms with E-state index in [-0.39, 0.29) is 6.42 Å². The molecule has 0 spiro atoms. The second-order valence-electron chi connectivity index (χ2n) is 3.86. The third-order valence-corrected chi connectivity index (χ3v) is 2.58. The maximum absolute atomic E-state index is 10.5. The largest absolute Gasteiger partial charge is 0.481 e. The summed E-state index contributed by atoms with van der Waals surface area (Å²) in [6.07, 6.45) is 0.671. The fourth-order valence-corrected chi connectivity index (χ4v) is 1.71. The molecule has 85 valence electrons. The fourth-order valence-electron chi connectivity index (χ4n) is 1.71. The molecule has 0 fully saturated rings. The Morgan fingerprint density at radius 2 is 1.88 bits per heavy atom. The Morgan fingerprint density at radius 1 is 1.12 bits per heavy atom. The number of aryl methyl sites for hydroxylation is 1. The Morgan fingerprint density at radius 3 is 2.59 bits per heavy atom. The summed E-state index contributed by atoms with van der Waals surface area (Å²) in [5, 5.41) is 8.65. The number of benzene rings is 2. The Kier molecular flexibility index (Phi) is 3.55. The summed E-state index contributed by atoms with van der Waals surface area (Å²) in [6, 6.07) is 18.9. The number of carboxylic acid groups (broad SMARTS) is 1. The number of carboxylic acids is 1. The van der Waals surface area contributed by atoms with Crippen LogP contribution in [-0.2, 0) is 11.2 Å². The molecule has 0 saturated carbocycles. The number of hydrogen-bond acceptors (Lipinski definition) is 1. The molecule has 2 aromatic carbocycles. The van der Waals surface area contributed by atoms with Crippen LogP contribution in [0.3, 0.4) is 0 Å². The minimum absolute atomic E-state index is 0.148. The van der Waals surface area contributed by atoms with Crippen LogP contribution in [0, 0.1) is 6.07 Å². The van der Waals surface area contributed by atoms with Crippen molar-refractivity contribution in [1.29, 1.82) is 0 Å². The van der Waals surface area contributed by atoms with Crippen LogP contribution in [0.4, 0.5) is 0 Å². The summed E-state index contributed by atoms with van der Waals surface area (Å²) in [5.74, 6) is -0.775. The highest BCUT2D eigenvalue weighted by Crippen LogP contribution is 2.20. The minimum atomic E-state index is -0.775. The first kappa shape index (κ1) is 11.4. The number of aliphatic carboxylic acids is 1. The van der Waals surface area contributed by atoms with Gasteiger partial charge in [0.05, 0.1) is 0 Å². The van der Waals surface area contributed by atoms with Crippen molar-refractivity contribution < 1.29 is 9.90 Å². The summed E-state index contributed by atoms with van der Waals surface area (Å²) in [7, 11) is 0. The molecule has 0 saturated heterocycles. The molecule has 1 N–H and O–H groups in total. The van der Waals surface area contributed by atoms with Gasteiger partial charge in [0.15, 0.2) is 0 Å². The highest BCUT2D eigenvalue weighted by Gasteiger charge is 2.01. The van der Waals surface area contributed by atoms with Crippen LogP contribution in [0.15, 0.2) is 48.5 Å². The zero-order valence-corrected chi connectivity index (χ0v) is 9.39. The van der Waals surface area contributed by atoms with Crippen LogP contribution < -0.4 is 0 Å². The summed E-state index contributed by atoms with van der Waals surface area (Å²) in [6.45, 7) is 0. The summed E-state index contributed by atoms with van der Waals surface area (Å²) < 4.78 is 0. The van der Waals surface area contributed by atoms with Crippen molar-refractivity contribution in [3.63, 3.8) is 0 Å². The van der Waals surface area contributed by atoms with Crippen molar-refractivity contribution in [3.8, 4) is 11.1 Å². The quantitative estimate of drug-likeness (QED) is 0.867. The second kappa shape index (κ2) is 5.30. The number of rotatable bonds is 4. The molecule has 2 aromatic rings. The second-order valence-corrected chi connectivity index (χ2v) is 3.86. The lowest BCUT2D eigenvalue weighted by atomic mass is 10.0. The van der Waals surface area contributed by atoms with Gasteiger partial charge in [0, 0.05) is 6.42 Å². The van der Waals surface area contributed by atoms with E-state index in [1.807, 2.05) is 48.5 Å². The fraction of sp³-hybridized carbons (Fsp3) is 0.133. The van der Waals surface area contributed by atoms with Crippen molar-refractivity contribution in [2.75, 3.05) is 0 Å². The van der Waals surface area contributed by atoms with Gasteiger partial charge < -0.3 is 5.11 Å². The van der Waals surface area contributed by atoms with Gasteiger partial charge in [0.1, 0.15) is 0 Å². The third-order valence-electron chi connectivity index (χ3n) is 2.58. The highest BCUT2D eigenvalue weighted by molar-refractivity contribution is 5.67. The predicted molar refractivity (Wildman–Crippen MR) is 66.7 cm³/mol. The van der Waals surface area contributed by atoms with Gasteiger partial charge >= 0.3 is 5.97 Å². The molecule has 2 rings (SSSR count). The van der Waals surface area contributed by atoms with Crippen molar-refractivity contribution in [2.24, 2.45) is 0 Å². The van der Waals surface area contributed by atoms with Crippen LogP contribution in [0.1, 0.15) is 12.0 Å². The van der Waals surface area contributed by atoms with E-state index < -0.39 is 5.97 Å². The zero-order chi connectivity index (χ0) is 12.1. The van der Waals surface area contributed by atoms with Crippen LogP contribution >= 0.6 is 0 Å². The van der Waals surface area contributed by atoms with Crippen molar-refractivity contribution in [1.82, 2.24) is 0 Å². The molecule has 0 aliphatic heterocycles. The maximum Gasteiger partial charge on any atom is 0.303 e. The van der Waals surface area contributed by atoms with Crippen LogP contribution in [0.2, 0.25) is 0 Å². The van der Waals surface area contributed by atoms with E-state index in [0.29, 0.717) is 6.42 Å². The minimum Gasteiger partial charge on any atom is -0.481 e. The molecular weight excluding hydrogens is 212 g/mol. The highest BCUT2D eigenvalue weighted by atomic mass is 16.4. The molecule has 1 radical (unpaired) electrons. The standard InChI is InChI=1S/C15H13O2/c16-15(17)10-9-12-5-4-8-14(11-12)13-6-2-1-3-7-13/h1-4,6-8,11H,9-10H2,(H,16,17). The molecule has 0 unspecified atom stereocenters. The van der Waals surface area contributed by atoms with Gasteiger partial charge in [0.25, 0.3) is 0 Å². The average Bonchev–Trinajstić information content (AvgIpc) is 2.38. The Hall–Kier alpha value is -2.09. The molecule has 0 amide bonds. The van der Waals surface area contributed by atoms with E-state index in [1.165, 1.54) is 0 Å². The van der Waals surface area contributed by atoms with Crippen LogP contribution in [0.25, 0.3) is 11.1 Å². The van der Waals surface area contributed by atoms with Crippen LogP contribution in [0.5, 0.6) is 0 Å². The summed E-state index contributed by atoms with van der Waals surface area (Å²) >= 11 is 0. The predicted octanol–water partition coefficient (Wildman–Crippen LogP) is 3.17. The van der Waals surface area contributed by atoms with Gasteiger partial charge in [0.2, 0.25) is 0 Å². The Bertz CT molecular complexity index is 503. The molecular formula is C15H13O2. The van der Waals surface area contributed by atoms with E-state index in [4.69, 9.17) is 5.11 Å². The number of carbonyl (C=O) groups is 1. The van der Waals surface area contributed by atoms with Gasteiger partial charge in [-0.15, -0.1) is 0 Å². The first-order chi connectivity index (χ1) is 8.25. The molecule has 2 heteroatoms. The van der Waals surface area contributed by atoms with E-state index >= 15 is 0 Å². The van der Waals surface area contributed by atoms with E-state index in [9.17, 15) is 4.79 Å². The number of hydrogen-bond donors (Lipinski definition) is 1. The van der Waals surface area contributed by atoms with E-state index in [0.717, 1.165) is 16.7 Å². The lowest BCUT2D eigenvalue weighted by Gasteiger charge is -2.04. The van der Waals surface area contributed by atoms with Gasteiger partial charge in [-0.25, -0.2) is 0 Å². The van der Waals surface area contributed by atoms with Gasteiger partial charge in [-0.3, -0.25) is 4.79 Å². The smallest absolute Gasteiger partial charge is 0.303 e. The lowest BCUT2D eigenvalue weighted by molar-refractivity contribution is -0.136. The SMILES string of the molecule is O=C(O)CCc1[c]ccc(-c2ccccc2)c1. The van der Waals surface area contributed by atoms with Crippen molar-refractivity contribution in [3.05, 3.63) is 60.2 Å². The molecule has 0 aliphatic rings. The van der Waals surface area contributed by atoms with E-state index in [2.05, 4.69) is 6.07 Å². The van der Waals surface area contributed by atoms with Gasteiger partial charge in [-0.05, 0) is 29.2 Å². The molecule has 2 nitrogen and oxygen atoms in total. The van der Waals surface area contributed by atoms with Gasteiger partial charge in [-0.2, -0.15) is 0 Å². The summed E-state index contributed by atoms with van der Waals surface area (Å²) in [4.78, 5) is 10.5. The van der Waals surface area contributed by atoms with Crippen molar-refractivity contribution in [2.45, 2.75) is 12.8 Å². The molecule has 0 heterocycles. The molecule has 0 atom stereocenters. The summed E-state index contributed by atoms with van der Waals surface area (Å²) in [5.41, 5.74) is 3.18. The zero-order valence-electron chi connectivity index (χ0n) is 9.39. The normalized spacial score (nSPS) is 10.1. The topological polar surface area (TPSA) is 37.3 Å². The van der Waals surface area contributed by atoms with Crippen molar-refractivity contribution >= 4 is 5.97 Å². The Labute approximate surface area is 101 Å². The lowest BCUT2D eigenvalue weighted by Crippen LogP contribution is -1.97. The molecule has 17 heavy (non-hydrogen) atoms. The molecule has 0 aliphatic carbocycles.